The van der Waals surface area contributed by atoms with Gasteiger partial charge in [-0.2, -0.15) is 0 Å². The number of rotatable bonds is 6. The standard InChI is InChI=1S/C18H27NO3/c1-14(15-6-4-3-5-7-15)8-11-19-12-9-16(10-13-19)17(20)18(21)22-2/h3-7,14,16-17,20H,8-13H2,1-2H3/t14-,17-/m0/s1. The summed E-state index contributed by atoms with van der Waals surface area (Å²) in [7, 11) is 1.33. The van der Waals surface area contributed by atoms with Crippen molar-refractivity contribution in [1.82, 2.24) is 4.90 Å². The number of piperidine rings is 1. The summed E-state index contributed by atoms with van der Waals surface area (Å²) in [5.41, 5.74) is 1.39. The molecule has 0 unspecified atom stereocenters. The van der Waals surface area contributed by atoms with Gasteiger partial charge in [0, 0.05) is 0 Å². The maximum atomic E-state index is 11.4. The van der Waals surface area contributed by atoms with Crippen LogP contribution in [-0.2, 0) is 9.53 Å². The number of aliphatic hydroxyl groups is 1. The van der Waals surface area contributed by atoms with E-state index in [-0.39, 0.29) is 5.92 Å². The van der Waals surface area contributed by atoms with Gasteiger partial charge in [0.25, 0.3) is 0 Å². The Morgan fingerprint density at radius 3 is 2.55 bits per heavy atom. The molecule has 0 spiro atoms. The molecular weight excluding hydrogens is 278 g/mol. The molecule has 0 aliphatic carbocycles. The Kier molecular flexibility index (Phi) is 6.40. The molecule has 2 rings (SSSR count). The average molecular weight is 305 g/mol. The molecule has 22 heavy (non-hydrogen) atoms. The summed E-state index contributed by atoms with van der Waals surface area (Å²) in [5, 5.41) is 9.90. The molecule has 1 fully saturated rings. The molecule has 1 aliphatic heterocycles. The lowest BCUT2D eigenvalue weighted by Crippen LogP contribution is -2.41. The second-order valence-corrected chi connectivity index (χ2v) is 6.25. The molecule has 2 atom stereocenters. The van der Waals surface area contributed by atoms with E-state index >= 15 is 0 Å². The molecule has 0 radical (unpaired) electrons. The first-order valence-corrected chi connectivity index (χ1v) is 8.15. The molecule has 0 saturated carbocycles. The number of carbonyl (C=O) groups excluding carboxylic acids is 1. The molecule has 4 nitrogen and oxygen atoms in total. The summed E-state index contributed by atoms with van der Waals surface area (Å²) in [4.78, 5) is 13.8. The van der Waals surface area contributed by atoms with Gasteiger partial charge < -0.3 is 14.7 Å². The molecule has 1 aromatic carbocycles. The molecule has 1 saturated heterocycles. The number of likely N-dealkylation sites (tertiary alicyclic amines) is 1. The summed E-state index contributed by atoms with van der Waals surface area (Å²) in [6.07, 6.45) is 1.88. The lowest BCUT2D eigenvalue weighted by Gasteiger charge is -2.33. The Morgan fingerprint density at radius 1 is 1.32 bits per heavy atom. The Balaban J connectivity index is 1.73. The first-order valence-electron chi connectivity index (χ1n) is 8.15. The quantitative estimate of drug-likeness (QED) is 0.820. The number of ether oxygens (including phenoxy) is 1. The van der Waals surface area contributed by atoms with E-state index in [1.54, 1.807) is 0 Å². The van der Waals surface area contributed by atoms with Crippen LogP contribution in [0, 0.1) is 5.92 Å². The van der Waals surface area contributed by atoms with E-state index in [4.69, 9.17) is 0 Å². The number of nitrogens with zero attached hydrogens (tertiary/aromatic N) is 1. The maximum Gasteiger partial charge on any atom is 0.334 e. The van der Waals surface area contributed by atoms with Crippen molar-refractivity contribution in [2.24, 2.45) is 5.92 Å². The minimum Gasteiger partial charge on any atom is -0.467 e. The number of carbonyl (C=O) groups is 1. The van der Waals surface area contributed by atoms with Crippen LogP contribution in [0.25, 0.3) is 0 Å². The highest BCUT2D eigenvalue weighted by Crippen LogP contribution is 2.24. The van der Waals surface area contributed by atoms with Crippen LogP contribution in [0.5, 0.6) is 0 Å². The fourth-order valence-corrected chi connectivity index (χ4v) is 3.13. The van der Waals surface area contributed by atoms with Gasteiger partial charge in [-0.15, -0.1) is 0 Å². The molecule has 0 aromatic heterocycles. The summed E-state index contributed by atoms with van der Waals surface area (Å²) < 4.78 is 4.62. The molecule has 4 heteroatoms. The molecule has 0 amide bonds. The smallest absolute Gasteiger partial charge is 0.334 e. The number of hydrogen-bond acceptors (Lipinski definition) is 4. The zero-order valence-corrected chi connectivity index (χ0v) is 13.6. The van der Waals surface area contributed by atoms with E-state index in [2.05, 4.69) is 40.8 Å². The molecule has 1 aliphatic rings. The van der Waals surface area contributed by atoms with E-state index in [1.807, 2.05) is 6.07 Å². The van der Waals surface area contributed by atoms with Crippen LogP contribution in [0.3, 0.4) is 0 Å². The van der Waals surface area contributed by atoms with Crippen molar-refractivity contribution >= 4 is 5.97 Å². The third kappa shape index (κ3) is 4.55. The highest BCUT2D eigenvalue weighted by Gasteiger charge is 2.30. The van der Waals surface area contributed by atoms with Gasteiger partial charge in [-0.25, -0.2) is 4.79 Å². The van der Waals surface area contributed by atoms with Crippen LogP contribution >= 0.6 is 0 Å². The maximum absolute atomic E-state index is 11.4. The van der Waals surface area contributed by atoms with Crippen LogP contribution in [0.4, 0.5) is 0 Å². The van der Waals surface area contributed by atoms with Crippen LogP contribution < -0.4 is 0 Å². The molecule has 1 heterocycles. The number of aliphatic hydroxyl groups excluding tert-OH is 1. The van der Waals surface area contributed by atoms with E-state index in [0.717, 1.165) is 38.9 Å². The second-order valence-electron chi connectivity index (χ2n) is 6.25. The fraction of sp³-hybridized carbons (Fsp3) is 0.611. The normalized spacial score (nSPS) is 19.6. The van der Waals surface area contributed by atoms with Crippen LogP contribution in [0.1, 0.15) is 37.7 Å². The Bertz CT molecular complexity index is 455. The Hall–Kier alpha value is -1.39. The van der Waals surface area contributed by atoms with Crippen LogP contribution in [-0.4, -0.2) is 48.8 Å². The third-order valence-corrected chi connectivity index (χ3v) is 4.77. The molecule has 1 N–H and O–H groups in total. The van der Waals surface area contributed by atoms with Crippen molar-refractivity contribution in [3.63, 3.8) is 0 Å². The van der Waals surface area contributed by atoms with E-state index in [1.165, 1.54) is 12.7 Å². The van der Waals surface area contributed by atoms with Gasteiger partial charge >= 0.3 is 5.97 Å². The predicted octanol–water partition coefficient (Wildman–Crippen LogP) is 2.43. The highest BCUT2D eigenvalue weighted by molar-refractivity contribution is 5.74. The van der Waals surface area contributed by atoms with Gasteiger partial charge in [0.15, 0.2) is 6.10 Å². The van der Waals surface area contributed by atoms with Crippen molar-refractivity contribution in [3.8, 4) is 0 Å². The largest absolute Gasteiger partial charge is 0.467 e. The minimum atomic E-state index is -0.963. The van der Waals surface area contributed by atoms with E-state index in [0.29, 0.717) is 5.92 Å². The van der Waals surface area contributed by atoms with Crippen molar-refractivity contribution in [2.45, 2.75) is 38.2 Å². The van der Waals surface area contributed by atoms with E-state index < -0.39 is 12.1 Å². The highest BCUT2D eigenvalue weighted by atomic mass is 16.5. The van der Waals surface area contributed by atoms with Crippen molar-refractivity contribution in [3.05, 3.63) is 35.9 Å². The van der Waals surface area contributed by atoms with Crippen LogP contribution in [0.2, 0.25) is 0 Å². The molecule has 1 aromatic rings. The Morgan fingerprint density at radius 2 is 1.95 bits per heavy atom. The summed E-state index contributed by atoms with van der Waals surface area (Å²) in [6, 6.07) is 10.6. The van der Waals surface area contributed by atoms with Gasteiger partial charge in [0.1, 0.15) is 0 Å². The molecule has 122 valence electrons. The number of esters is 1. The topological polar surface area (TPSA) is 49.8 Å². The number of hydrogen-bond donors (Lipinski definition) is 1. The zero-order valence-electron chi connectivity index (χ0n) is 13.6. The molecular formula is C18H27NO3. The lowest BCUT2D eigenvalue weighted by molar-refractivity contribution is -0.154. The number of methoxy groups -OCH3 is 1. The monoisotopic (exact) mass is 305 g/mol. The van der Waals surface area contributed by atoms with Crippen molar-refractivity contribution in [1.29, 1.82) is 0 Å². The van der Waals surface area contributed by atoms with Gasteiger partial charge in [-0.1, -0.05) is 37.3 Å². The van der Waals surface area contributed by atoms with Gasteiger partial charge in [-0.3, -0.25) is 0 Å². The third-order valence-electron chi connectivity index (χ3n) is 4.77. The zero-order chi connectivity index (χ0) is 15.9. The van der Waals surface area contributed by atoms with Crippen molar-refractivity contribution < 1.29 is 14.6 Å². The SMILES string of the molecule is COC(=O)[C@@H](O)C1CCN(CC[C@H](C)c2ccccc2)CC1. The minimum absolute atomic E-state index is 0.0373. The lowest BCUT2D eigenvalue weighted by atomic mass is 9.90. The van der Waals surface area contributed by atoms with Gasteiger partial charge in [0.2, 0.25) is 0 Å². The summed E-state index contributed by atoms with van der Waals surface area (Å²) in [6.45, 7) is 5.22. The van der Waals surface area contributed by atoms with Crippen LogP contribution in [0.15, 0.2) is 30.3 Å². The predicted molar refractivity (Wildman–Crippen MR) is 86.7 cm³/mol. The summed E-state index contributed by atoms with van der Waals surface area (Å²) >= 11 is 0. The molecule has 0 bridgehead atoms. The first kappa shape index (κ1) is 17.0. The first-order chi connectivity index (χ1) is 10.6. The average Bonchev–Trinajstić information content (AvgIpc) is 2.59. The number of benzene rings is 1. The second kappa shape index (κ2) is 8.30. The summed E-state index contributed by atoms with van der Waals surface area (Å²) in [5.74, 6) is 0.0889. The van der Waals surface area contributed by atoms with Gasteiger partial charge in [-0.05, 0) is 56.3 Å². The fourth-order valence-electron chi connectivity index (χ4n) is 3.13. The van der Waals surface area contributed by atoms with Gasteiger partial charge in [0.05, 0.1) is 7.11 Å². The van der Waals surface area contributed by atoms with E-state index in [9.17, 15) is 9.90 Å². The Labute approximate surface area is 133 Å². The van der Waals surface area contributed by atoms with Crippen molar-refractivity contribution in [2.75, 3.05) is 26.7 Å².